The van der Waals surface area contributed by atoms with Gasteiger partial charge in [0.2, 0.25) is 0 Å². The van der Waals surface area contributed by atoms with Crippen LogP contribution in [-0.2, 0) is 38.1 Å². The molecule has 0 aromatic heterocycles. The van der Waals surface area contributed by atoms with E-state index in [9.17, 15) is 29.4 Å². The fourth-order valence-electron chi connectivity index (χ4n) is 27.2. The normalized spacial score (nSPS) is 44.1. The van der Waals surface area contributed by atoms with Gasteiger partial charge in [0.05, 0.1) is 50.1 Å². The Labute approximate surface area is 581 Å². The number of carbonyl (C=O) groups is 4. The summed E-state index contributed by atoms with van der Waals surface area (Å²) in [7, 11) is 0. The molecule has 544 valence electrons. The lowest BCUT2D eigenvalue weighted by Crippen LogP contribution is -2.69. The minimum absolute atomic E-state index is 0.0901. The Hall–Kier alpha value is -2.88. The summed E-state index contributed by atoms with van der Waals surface area (Å²) in [6, 6.07) is 0. The van der Waals surface area contributed by atoms with E-state index >= 15 is 0 Å². The van der Waals surface area contributed by atoms with E-state index in [0.29, 0.717) is 59.2 Å². The second kappa shape index (κ2) is 26.7. The molecule has 14 nitrogen and oxygen atoms in total. The van der Waals surface area contributed by atoms with Crippen LogP contribution in [0.1, 0.15) is 252 Å². The number of carboxylic acids is 2. The van der Waals surface area contributed by atoms with Gasteiger partial charge < -0.3 is 39.8 Å². The van der Waals surface area contributed by atoms with Crippen molar-refractivity contribution >= 4 is 23.9 Å². The van der Waals surface area contributed by atoms with E-state index in [0.717, 1.165) is 104 Å². The van der Waals surface area contributed by atoms with Crippen molar-refractivity contribution in [2.24, 2.45) is 113 Å². The molecule has 0 aromatic carbocycles. The smallest absolute Gasteiger partial charge is 0.312 e. The first-order chi connectivity index (χ1) is 44.8. The number of fused-ring (bicyclic) bond motifs is 14. The van der Waals surface area contributed by atoms with Crippen molar-refractivity contribution in [2.75, 3.05) is 78.8 Å². The molecule has 10 saturated carbocycles. The van der Waals surface area contributed by atoms with E-state index in [2.05, 4.69) is 117 Å². The second-order valence-corrected chi connectivity index (χ2v) is 38.9. The summed E-state index contributed by atoms with van der Waals surface area (Å²) >= 11 is 0. The molecule has 12 aliphatic rings. The number of morpholine rings is 2. The number of carboxylic acid groups (broad SMARTS) is 2. The number of hydrogen-bond acceptors (Lipinski definition) is 12. The molecular formula is C82H136N4O10. The van der Waals surface area contributed by atoms with Gasteiger partial charge >= 0.3 is 23.9 Å². The van der Waals surface area contributed by atoms with Crippen LogP contribution < -0.4 is 10.6 Å². The molecule has 0 amide bonds. The fraction of sp³-hybridized carbons (Fsp3) is 0.902. The minimum Gasteiger partial charge on any atom is -0.481 e. The van der Waals surface area contributed by atoms with Gasteiger partial charge in [-0.05, 0) is 262 Å². The third-order valence-corrected chi connectivity index (χ3v) is 32.9. The van der Waals surface area contributed by atoms with Crippen molar-refractivity contribution in [2.45, 2.75) is 275 Å². The lowest BCUT2D eigenvalue weighted by Gasteiger charge is -2.73. The maximum Gasteiger partial charge on any atom is 0.312 e. The SMILES string of the molecule is C=C(C)[C@@H]1CC[C@]2(NCCN3CCOCC3)CC[C@]3(C)[C@H](CC[C@@H]4[C@@]5(C)CC[C@H](OC(=O)C(C)(C)CC(=O)O)C(C)(C)[C@@H]5CC[C@]43C)[C@@H]12.C=C(C)[C@@H]1CC[C@]2(NCCN3CCOCC3)CC[C@]3(C)[C@H](CC[C@@H]4[C@@]5(C)CC[C@H](OC(=O)CC(C)(C)C(=O)O)C(C)(C)[C@@H]5CC[C@]43C)[C@@H]12. The van der Waals surface area contributed by atoms with Crippen LogP contribution in [0.3, 0.4) is 0 Å². The topological polar surface area (TPSA) is 176 Å². The van der Waals surface area contributed by atoms with Crippen molar-refractivity contribution in [3.05, 3.63) is 24.3 Å². The van der Waals surface area contributed by atoms with Crippen LogP contribution in [-0.4, -0.2) is 146 Å². The number of aliphatic carboxylic acids is 2. The molecule has 0 unspecified atom stereocenters. The van der Waals surface area contributed by atoms with Gasteiger partial charge in [0.1, 0.15) is 12.2 Å². The largest absolute Gasteiger partial charge is 0.481 e. The predicted molar refractivity (Wildman–Crippen MR) is 381 cm³/mol. The van der Waals surface area contributed by atoms with E-state index in [1.165, 1.54) is 114 Å². The Balaban J connectivity index is 0.000000195. The highest BCUT2D eigenvalue weighted by atomic mass is 16.6. The number of nitrogens with one attached hydrogen (secondary N) is 2. The van der Waals surface area contributed by atoms with Crippen molar-refractivity contribution in [1.82, 2.24) is 20.4 Å². The molecule has 0 bridgehead atoms. The van der Waals surface area contributed by atoms with Crippen LogP contribution in [0.2, 0.25) is 0 Å². The van der Waals surface area contributed by atoms with E-state index in [-0.39, 0.29) is 91.4 Å². The molecule has 4 N–H and O–H groups in total. The Morgan fingerprint density at radius 3 is 1.27 bits per heavy atom. The Morgan fingerprint density at radius 1 is 0.479 bits per heavy atom. The molecule has 12 rings (SSSR count). The van der Waals surface area contributed by atoms with Gasteiger partial charge in [-0.15, -0.1) is 0 Å². The summed E-state index contributed by atoms with van der Waals surface area (Å²) in [6.07, 6.45) is 23.5. The van der Waals surface area contributed by atoms with Gasteiger partial charge in [0, 0.05) is 74.3 Å². The zero-order chi connectivity index (χ0) is 69.8. The van der Waals surface area contributed by atoms with Gasteiger partial charge in [0.25, 0.3) is 0 Å². The molecule has 2 aliphatic heterocycles. The zero-order valence-corrected chi connectivity index (χ0v) is 63.4. The molecule has 0 radical (unpaired) electrons. The van der Waals surface area contributed by atoms with Crippen LogP contribution in [0.5, 0.6) is 0 Å². The number of hydrogen-bond donors (Lipinski definition) is 4. The summed E-state index contributed by atoms with van der Waals surface area (Å²) in [5, 5.41) is 27.5. The molecule has 0 aromatic rings. The number of ether oxygens (including phenoxy) is 4. The maximum atomic E-state index is 13.3. The number of allylic oxidation sites excluding steroid dienone is 2. The first kappa shape index (κ1) is 74.3. The summed E-state index contributed by atoms with van der Waals surface area (Å²) < 4.78 is 23.7. The summed E-state index contributed by atoms with van der Waals surface area (Å²) in [5.41, 5.74) is 2.28. The molecule has 0 spiro atoms. The van der Waals surface area contributed by atoms with Gasteiger partial charge in [-0.2, -0.15) is 0 Å². The van der Waals surface area contributed by atoms with Crippen LogP contribution in [0.25, 0.3) is 0 Å². The molecule has 2 heterocycles. The monoisotopic (exact) mass is 1340 g/mol. The number of esters is 2. The lowest BCUT2D eigenvalue weighted by atomic mass is 9.32. The molecule has 10 aliphatic carbocycles. The molecule has 2 saturated heterocycles. The highest BCUT2D eigenvalue weighted by Gasteiger charge is 2.74. The Kier molecular flexibility index (Phi) is 20.7. The highest BCUT2D eigenvalue weighted by Crippen LogP contribution is 2.79. The first-order valence-electron chi connectivity index (χ1n) is 39.1. The molecule has 14 heteroatoms. The lowest BCUT2D eigenvalue weighted by molar-refractivity contribution is -0.247. The predicted octanol–water partition coefficient (Wildman–Crippen LogP) is 15.5. The van der Waals surface area contributed by atoms with Crippen LogP contribution in [0.4, 0.5) is 0 Å². The van der Waals surface area contributed by atoms with Crippen molar-refractivity contribution < 1.29 is 48.3 Å². The van der Waals surface area contributed by atoms with Crippen molar-refractivity contribution in [3.8, 4) is 0 Å². The number of carbonyl (C=O) groups excluding carboxylic acids is 2. The molecule has 12 fully saturated rings. The van der Waals surface area contributed by atoms with Gasteiger partial charge in [-0.1, -0.05) is 93.5 Å². The first-order valence-corrected chi connectivity index (χ1v) is 39.1. The standard InChI is InChI=1S/2C41H68N2O5/c1-27(2)28-12-17-41(42-20-21-43-22-24-47-25-23-43)19-18-39(8)29(34(28)41)10-11-31-38(7)15-14-32(48-33(44)26-36(3,4)35(45)46)37(5,6)30(38)13-16-40(31,39)9;1-27(2)28-12-17-41(42-20-21-43-22-24-47-25-23-43)19-18-39(8)29(34(28)41)10-11-31-38(7)15-14-32(48-35(46)36(3,4)26-33(44)45)37(5,6)30(38)13-16-40(31,39)9/h28-32,34,42H,1,10-26H2,2-9H3,(H,45,46);28-32,34,42H,1,10-26H2,2-9H3,(H,44,45)/t2*28-,29+,30-,31+,32-,34+,38-,39+,40+,41-/m00/s1. The number of nitrogens with zero attached hydrogens (tertiary/aromatic N) is 2. The third kappa shape index (κ3) is 12.5. The zero-order valence-electron chi connectivity index (χ0n) is 63.4. The van der Waals surface area contributed by atoms with E-state index in [4.69, 9.17) is 18.9 Å². The maximum absolute atomic E-state index is 13.3. The van der Waals surface area contributed by atoms with Gasteiger partial charge in [-0.3, -0.25) is 29.0 Å². The molecule has 20 atom stereocenters. The van der Waals surface area contributed by atoms with Crippen molar-refractivity contribution in [3.63, 3.8) is 0 Å². The molecule has 96 heavy (non-hydrogen) atoms. The van der Waals surface area contributed by atoms with E-state index in [1.807, 2.05) is 0 Å². The fourth-order valence-corrected chi connectivity index (χ4v) is 27.2. The quantitative estimate of drug-likeness (QED) is 0.0753. The average Bonchev–Trinajstić information content (AvgIpc) is 0.987. The third-order valence-electron chi connectivity index (χ3n) is 32.9. The number of rotatable bonds is 18. The van der Waals surface area contributed by atoms with Gasteiger partial charge in [-0.25, -0.2) is 0 Å². The molecular weight excluding hydrogens is 1200 g/mol. The van der Waals surface area contributed by atoms with E-state index < -0.39 is 22.8 Å². The van der Waals surface area contributed by atoms with Crippen LogP contribution >= 0.6 is 0 Å². The van der Waals surface area contributed by atoms with Crippen LogP contribution in [0, 0.1) is 113 Å². The summed E-state index contributed by atoms with van der Waals surface area (Å²) in [6.45, 7) is 57.8. The van der Waals surface area contributed by atoms with Crippen molar-refractivity contribution in [1.29, 1.82) is 0 Å². The average molecular weight is 1340 g/mol. The second-order valence-electron chi connectivity index (χ2n) is 38.9. The Morgan fingerprint density at radius 2 is 0.885 bits per heavy atom. The minimum atomic E-state index is -1.12. The Bertz CT molecular complexity index is 2890. The van der Waals surface area contributed by atoms with Gasteiger partial charge in [0.15, 0.2) is 0 Å². The summed E-state index contributed by atoms with van der Waals surface area (Å²) in [4.78, 5) is 54.7. The highest BCUT2D eigenvalue weighted by molar-refractivity contribution is 5.82. The van der Waals surface area contributed by atoms with Crippen LogP contribution in [0.15, 0.2) is 24.3 Å². The summed E-state index contributed by atoms with van der Waals surface area (Å²) in [5.74, 6) is 3.52. The van der Waals surface area contributed by atoms with E-state index in [1.54, 1.807) is 27.7 Å².